The normalized spacial score (nSPS) is 18.9. The van der Waals surface area contributed by atoms with E-state index in [1.807, 2.05) is 12.1 Å². The Morgan fingerprint density at radius 1 is 1.57 bits per heavy atom. The molecule has 2 unspecified atom stereocenters. The molecule has 0 spiro atoms. The number of aliphatic hydroxyl groups is 1. The van der Waals surface area contributed by atoms with E-state index in [1.54, 1.807) is 13.0 Å². The molecule has 5 nitrogen and oxygen atoms in total. The monoisotopic (exact) mass is 312 g/mol. The summed E-state index contributed by atoms with van der Waals surface area (Å²) in [6.07, 6.45) is 1.76. The number of rotatable bonds is 4. The Bertz CT molecular complexity index is 494. The van der Waals surface area contributed by atoms with E-state index in [-0.39, 0.29) is 12.1 Å². The summed E-state index contributed by atoms with van der Waals surface area (Å²) in [5.74, 6) is 0.658. The Labute approximate surface area is 129 Å². The minimum Gasteiger partial charge on any atom is -0.492 e. The molecule has 1 aliphatic heterocycles. The highest BCUT2D eigenvalue weighted by Crippen LogP contribution is 2.36. The first-order chi connectivity index (χ1) is 10.1. The summed E-state index contributed by atoms with van der Waals surface area (Å²) < 4.78 is 5.67. The molecule has 2 rings (SSSR count). The minimum absolute atomic E-state index is 0.118. The van der Waals surface area contributed by atoms with Gasteiger partial charge in [-0.05, 0) is 32.3 Å². The minimum atomic E-state index is -0.420. The zero-order valence-corrected chi connectivity index (χ0v) is 12.8. The highest BCUT2D eigenvalue weighted by molar-refractivity contribution is 6.32. The van der Waals surface area contributed by atoms with Gasteiger partial charge in [0.1, 0.15) is 5.75 Å². The Balaban J connectivity index is 2.00. The van der Waals surface area contributed by atoms with Crippen molar-refractivity contribution in [1.82, 2.24) is 10.6 Å². The lowest BCUT2D eigenvalue weighted by molar-refractivity contribution is 0.183. The summed E-state index contributed by atoms with van der Waals surface area (Å²) in [4.78, 5) is 11.9. The molecule has 0 saturated carbocycles. The third-order valence-corrected chi connectivity index (χ3v) is 3.71. The first kappa shape index (κ1) is 15.9. The molecule has 0 radical (unpaired) electrons. The molecule has 6 heteroatoms. The van der Waals surface area contributed by atoms with Gasteiger partial charge in [-0.25, -0.2) is 4.79 Å². The number of urea groups is 1. The van der Waals surface area contributed by atoms with E-state index >= 15 is 0 Å². The number of halogens is 1. The Hall–Kier alpha value is -1.46. The number of benzene rings is 1. The van der Waals surface area contributed by atoms with Gasteiger partial charge in [0.05, 0.1) is 23.8 Å². The molecule has 2 atom stereocenters. The van der Waals surface area contributed by atoms with Gasteiger partial charge in [-0.3, -0.25) is 0 Å². The fraction of sp³-hybridized carbons (Fsp3) is 0.533. The van der Waals surface area contributed by atoms with Gasteiger partial charge >= 0.3 is 6.03 Å². The summed E-state index contributed by atoms with van der Waals surface area (Å²) in [7, 11) is 0. The average Bonchev–Trinajstić information content (AvgIpc) is 2.62. The molecule has 1 aliphatic rings. The fourth-order valence-corrected chi connectivity index (χ4v) is 2.56. The second-order valence-electron chi connectivity index (χ2n) is 5.24. The van der Waals surface area contributed by atoms with Crippen LogP contribution in [0.2, 0.25) is 5.02 Å². The quantitative estimate of drug-likeness (QED) is 0.800. The molecule has 0 bridgehead atoms. The molecule has 1 aromatic rings. The zero-order chi connectivity index (χ0) is 15.2. The van der Waals surface area contributed by atoms with Gasteiger partial charge in [-0.15, -0.1) is 0 Å². The van der Waals surface area contributed by atoms with Crippen LogP contribution in [-0.4, -0.2) is 30.4 Å². The van der Waals surface area contributed by atoms with Crippen LogP contribution < -0.4 is 15.4 Å². The van der Waals surface area contributed by atoms with Crippen molar-refractivity contribution in [2.45, 2.75) is 38.3 Å². The van der Waals surface area contributed by atoms with Gasteiger partial charge in [-0.1, -0.05) is 23.7 Å². The largest absolute Gasteiger partial charge is 0.492 e. The average molecular weight is 313 g/mol. The van der Waals surface area contributed by atoms with Gasteiger partial charge in [0.25, 0.3) is 0 Å². The summed E-state index contributed by atoms with van der Waals surface area (Å²) in [6.45, 7) is 2.73. The molecule has 116 valence electrons. The van der Waals surface area contributed by atoms with Crippen molar-refractivity contribution in [3.05, 3.63) is 28.8 Å². The topological polar surface area (TPSA) is 70.6 Å². The van der Waals surface area contributed by atoms with Crippen LogP contribution in [0.25, 0.3) is 0 Å². The van der Waals surface area contributed by atoms with Crippen LogP contribution in [0, 0.1) is 0 Å². The Kier molecular flexibility index (Phi) is 5.70. The molecule has 2 amide bonds. The van der Waals surface area contributed by atoms with E-state index in [2.05, 4.69) is 10.6 Å². The maximum atomic E-state index is 11.9. The standard InChI is InChI=1S/C15H21ClN2O3/c1-10(19)7-8-17-15(20)18-13-6-3-9-21-14-11(13)4-2-5-12(14)16/h2,4-5,10,13,19H,3,6-9H2,1H3,(H2,17,18,20). The van der Waals surface area contributed by atoms with Gasteiger partial charge in [0, 0.05) is 12.1 Å². The van der Waals surface area contributed by atoms with Crippen LogP contribution in [0.15, 0.2) is 18.2 Å². The lowest BCUT2D eigenvalue weighted by atomic mass is 10.0. The molecule has 0 aromatic heterocycles. The summed E-state index contributed by atoms with van der Waals surface area (Å²) in [5.41, 5.74) is 0.908. The highest BCUT2D eigenvalue weighted by atomic mass is 35.5. The van der Waals surface area contributed by atoms with Crippen LogP contribution in [0.1, 0.15) is 37.8 Å². The van der Waals surface area contributed by atoms with Gasteiger partial charge in [0.2, 0.25) is 0 Å². The Morgan fingerprint density at radius 2 is 2.38 bits per heavy atom. The number of fused-ring (bicyclic) bond motifs is 1. The number of ether oxygens (including phenoxy) is 1. The second-order valence-corrected chi connectivity index (χ2v) is 5.65. The van der Waals surface area contributed by atoms with Crippen molar-refractivity contribution in [1.29, 1.82) is 0 Å². The molecular weight excluding hydrogens is 292 g/mol. The number of aliphatic hydroxyl groups excluding tert-OH is 1. The van der Waals surface area contributed by atoms with Crippen molar-refractivity contribution in [2.24, 2.45) is 0 Å². The molecule has 1 heterocycles. The van der Waals surface area contributed by atoms with E-state index in [0.717, 1.165) is 18.4 Å². The van der Waals surface area contributed by atoms with Gasteiger partial charge in [0.15, 0.2) is 0 Å². The van der Waals surface area contributed by atoms with Crippen molar-refractivity contribution in [3.63, 3.8) is 0 Å². The lowest BCUT2D eigenvalue weighted by Crippen LogP contribution is -2.39. The van der Waals surface area contributed by atoms with Crippen molar-refractivity contribution >= 4 is 17.6 Å². The maximum Gasteiger partial charge on any atom is 0.315 e. The summed E-state index contributed by atoms with van der Waals surface area (Å²) in [6, 6.07) is 5.20. The van der Waals surface area contributed by atoms with Gasteiger partial charge in [-0.2, -0.15) is 0 Å². The van der Waals surface area contributed by atoms with E-state index < -0.39 is 6.10 Å². The lowest BCUT2D eigenvalue weighted by Gasteiger charge is -2.19. The number of carbonyl (C=O) groups excluding carboxylic acids is 1. The zero-order valence-electron chi connectivity index (χ0n) is 12.1. The van der Waals surface area contributed by atoms with E-state index in [9.17, 15) is 9.90 Å². The number of para-hydroxylation sites is 1. The molecule has 0 fully saturated rings. The molecule has 0 saturated heterocycles. The van der Waals surface area contributed by atoms with E-state index in [0.29, 0.717) is 30.3 Å². The molecule has 21 heavy (non-hydrogen) atoms. The number of hydrogen-bond donors (Lipinski definition) is 3. The van der Waals surface area contributed by atoms with Crippen molar-refractivity contribution in [2.75, 3.05) is 13.2 Å². The SMILES string of the molecule is CC(O)CCNC(=O)NC1CCCOc2c(Cl)cccc21. The highest BCUT2D eigenvalue weighted by Gasteiger charge is 2.22. The number of hydrogen-bond acceptors (Lipinski definition) is 3. The molecule has 3 N–H and O–H groups in total. The van der Waals surface area contributed by atoms with Crippen molar-refractivity contribution < 1.29 is 14.6 Å². The molecular formula is C15H21ClN2O3. The van der Waals surface area contributed by atoms with Crippen LogP contribution in [0.5, 0.6) is 5.75 Å². The van der Waals surface area contributed by atoms with Crippen LogP contribution in [0.3, 0.4) is 0 Å². The first-order valence-corrected chi connectivity index (χ1v) is 7.59. The van der Waals surface area contributed by atoms with Crippen LogP contribution in [-0.2, 0) is 0 Å². The van der Waals surface area contributed by atoms with E-state index in [1.165, 1.54) is 0 Å². The maximum absolute atomic E-state index is 11.9. The van der Waals surface area contributed by atoms with Crippen LogP contribution >= 0.6 is 11.6 Å². The third kappa shape index (κ3) is 4.51. The molecule has 1 aromatic carbocycles. The second kappa shape index (κ2) is 7.52. The smallest absolute Gasteiger partial charge is 0.315 e. The summed E-state index contributed by atoms with van der Waals surface area (Å²) in [5, 5.41) is 15.4. The van der Waals surface area contributed by atoms with E-state index in [4.69, 9.17) is 16.3 Å². The fourth-order valence-electron chi connectivity index (χ4n) is 2.32. The Morgan fingerprint density at radius 3 is 3.14 bits per heavy atom. The predicted molar refractivity (Wildman–Crippen MR) is 81.8 cm³/mol. The van der Waals surface area contributed by atoms with Crippen LogP contribution in [0.4, 0.5) is 4.79 Å². The predicted octanol–water partition coefficient (Wildman–Crippen LogP) is 2.62. The number of amides is 2. The summed E-state index contributed by atoms with van der Waals surface area (Å²) >= 11 is 6.15. The number of nitrogens with one attached hydrogen (secondary N) is 2. The molecule has 0 aliphatic carbocycles. The van der Waals surface area contributed by atoms with Crippen molar-refractivity contribution in [3.8, 4) is 5.75 Å². The third-order valence-electron chi connectivity index (χ3n) is 3.41. The number of carbonyl (C=O) groups is 1. The van der Waals surface area contributed by atoms with Gasteiger partial charge < -0.3 is 20.5 Å². The first-order valence-electron chi connectivity index (χ1n) is 7.21.